The number of benzene rings is 3. The molecule has 0 aliphatic carbocycles. The van der Waals surface area contributed by atoms with Crippen molar-refractivity contribution in [3.63, 3.8) is 0 Å². The summed E-state index contributed by atoms with van der Waals surface area (Å²) >= 11 is 1.20. The first kappa shape index (κ1) is 23.3. The summed E-state index contributed by atoms with van der Waals surface area (Å²) in [5, 5.41) is 15.1. The zero-order valence-electron chi connectivity index (χ0n) is 19.3. The molecule has 1 unspecified atom stereocenters. The van der Waals surface area contributed by atoms with Gasteiger partial charge in [-0.2, -0.15) is 0 Å². The predicted molar refractivity (Wildman–Crippen MR) is 135 cm³/mol. The van der Waals surface area contributed by atoms with E-state index in [1.165, 1.54) is 29.5 Å². The molecule has 9 heteroatoms. The van der Waals surface area contributed by atoms with Gasteiger partial charge in [-0.25, -0.2) is 9.78 Å². The Morgan fingerprint density at radius 3 is 2.33 bits per heavy atom. The Morgan fingerprint density at radius 2 is 1.67 bits per heavy atom. The number of carbonyl (C=O) groups is 3. The molecule has 1 N–H and O–H groups in total. The van der Waals surface area contributed by atoms with Crippen LogP contribution in [0, 0.1) is 0 Å². The largest absolute Gasteiger partial charge is 0.507 e. The van der Waals surface area contributed by atoms with E-state index in [2.05, 4.69) is 4.98 Å². The van der Waals surface area contributed by atoms with Crippen LogP contribution in [0.15, 0.2) is 77.8 Å². The molecule has 0 bridgehead atoms. The second kappa shape index (κ2) is 9.27. The molecule has 0 radical (unpaired) electrons. The smallest absolute Gasteiger partial charge is 0.337 e. The molecule has 1 fully saturated rings. The highest BCUT2D eigenvalue weighted by Crippen LogP contribution is 2.43. The van der Waals surface area contributed by atoms with Gasteiger partial charge in [0, 0.05) is 17.1 Å². The van der Waals surface area contributed by atoms with Crippen molar-refractivity contribution in [1.82, 2.24) is 4.98 Å². The molecule has 8 nitrogen and oxygen atoms in total. The zero-order chi connectivity index (χ0) is 25.4. The molecule has 0 spiro atoms. The number of fused-ring (bicyclic) bond motifs is 1. The Morgan fingerprint density at radius 1 is 0.972 bits per heavy atom. The molecule has 1 saturated heterocycles. The van der Waals surface area contributed by atoms with E-state index in [1.807, 2.05) is 18.2 Å². The standard InChI is InChI=1S/C27H20N2O6S/c1-34-20-10-9-17-13-19(8-7-18(17)14-20)23(30)21-22(15-3-5-16(6-4-15)26(33)35-2)29(25(32)24(21)31)27-28-11-12-36-27/h3-14,22,30H,1-2H3/b23-21+. The topological polar surface area (TPSA) is 106 Å². The van der Waals surface area contributed by atoms with Crippen LogP contribution < -0.4 is 9.64 Å². The molecule has 1 aliphatic rings. The van der Waals surface area contributed by atoms with Gasteiger partial charge in [0.25, 0.3) is 5.78 Å². The van der Waals surface area contributed by atoms with E-state index in [1.54, 1.807) is 55.0 Å². The van der Waals surface area contributed by atoms with Crippen LogP contribution in [-0.4, -0.2) is 42.0 Å². The summed E-state index contributed by atoms with van der Waals surface area (Å²) in [6, 6.07) is 16.2. The number of hydrogen-bond acceptors (Lipinski definition) is 8. The zero-order valence-corrected chi connectivity index (χ0v) is 20.1. The van der Waals surface area contributed by atoms with Crippen LogP contribution in [0.2, 0.25) is 0 Å². The first-order chi connectivity index (χ1) is 17.4. The van der Waals surface area contributed by atoms with Crippen molar-refractivity contribution in [3.8, 4) is 5.75 Å². The summed E-state index contributed by atoms with van der Waals surface area (Å²) in [7, 11) is 2.87. The molecular formula is C27H20N2O6S. The fourth-order valence-corrected chi connectivity index (χ4v) is 4.92. The lowest BCUT2D eigenvalue weighted by molar-refractivity contribution is -0.132. The third-order valence-electron chi connectivity index (χ3n) is 6.04. The Labute approximate surface area is 210 Å². The summed E-state index contributed by atoms with van der Waals surface area (Å²) in [6.45, 7) is 0. The van der Waals surface area contributed by atoms with Crippen molar-refractivity contribution in [2.24, 2.45) is 0 Å². The molecule has 36 heavy (non-hydrogen) atoms. The van der Waals surface area contributed by atoms with Crippen molar-refractivity contribution in [3.05, 3.63) is 94.5 Å². The van der Waals surface area contributed by atoms with E-state index in [0.717, 1.165) is 10.8 Å². The van der Waals surface area contributed by atoms with Crippen LogP contribution in [-0.2, 0) is 14.3 Å². The minimum atomic E-state index is -0.936. The van der Waals surface area contributed by atoms with Crippen molar-refractivity contribution in [2.75, 3.05) is 19.1 Å². The number of amides is 1. The number of carbonyl (C=O) groups excluding carboxylic acids is 3. The first-order valence-electron chi connectivity index (χ1n) is 10.9. The lowest BCUT2D eigenvalue weighted by Gasteiger charge is -2.23. The Kier molecular flexibility index (Phi) is 5.99. The van der Waals surface area contributed by atoms with E-state index < -0.39 is 23.7 Å². The summed E-state index contributed by atoms with van der Waals surface area (Å²) in [5.74, 6) is -1.72. The van der Waals surface area contributed by atoms with Gasteiger partial charge in [-0.05, 0) is 46.7 Å². The van der Waals surface area contributed by atoms with Gasteiger partial charge in [-0.15, -0.1) is 11.3 Å². The number of aliphatic hydroxyl groups excluding tert-OH is 1. The van der Waals surface area contributed by atoms with E-state index in [9.17, 15) is 19.5 Å². The molecule has 1 aliphatic heterocycles. The summed E-state index contributed by atoms with van der Waals surface area (Å²) < 4.78 is 10.0. The number of anilines is 1. The lowest BCUT2D eigenvalue weighted by Crippen LogP contribution is -2.29. The van der Waals surface area contributed by atoms with Crippen molar-refractivity contribution in [2.45, 2.75) is 6.04 Å². The van der Waals surface area contributed by atoms with Gasteiger partial charge < -0.3 is 14.6 Å². The number of methoxy groups -OCH3 is 2. The van der Waals surface area contributed by atoms with Gasteiger partial charge in [-0.3, -0.25) is 14.5 Å². The summed E-state index contributed by atoms with van der Waals surface area (Å²) in [5.41, 5.74) is 1.18. The number of rotatable bonds is 5. The van der Waals surface area contributed by atoms with Crippen molar-refractivity contribution >= 4 is 50.7 Å². The van der Waals surface area contributed by atoms with E-state index in [-0.39, 0.29) is 11.3 Å². The fraction of sp³-hybridized carbons (Fsp3) is 0.111. The highest BCUT2D eigenvalue weighted by Gasteiger charge is 2.48. The molecule has 1 atom stereocenters. The summed E-state index contributed by atoms with van der Waals surface area (Å²) in [6.07, 6.45) is 1.54. The number of aromatic nitrogens is 1. The highest BCUT2D eigenvalue weighted by atomic mass is 32.1. The predicted octanol–water partition coefficient (Wildman–Crippen LogP) is 4.72. The number of esters is 1. The number of hydrogen-bond donors (Lipinski definition) is 1. The van der Waals surface area contributed by atoms with Crippen LogP contribution in [0.1, 0.15) is 27.5 Å². The van der Waals surface area contributed by atoms with Gasteiger partial charge in [-0.1, -0.05) is 30.3 Å². The number of ether oxygens (including phenoxy) is 2. The quantitative estimate of drug-likeness (QED) is 0.183. The Balaban J connectivity index is 1.67. The minimum absolute atomic E-state index is 0.0612. The van der Waals surface area contributed by atoms with Gasteiger partial charge >= 0.3 is 11.9 Å². The van der Waals surface area contributed by atoms with Crippen molar-refractivity contribution in [1.29, 1.82) is 0 Å². The van der Waals surface area contributed by atoms with Gasteiger partial charge in [0.05, 0.1) is 31.4 Å². The van der Waals surface area contributed by atoms with E-state index in [4.69, 9.17) is 9.47 Å². The average Bonchev–Trinajstić information content (AvgIpc) is 3.53. The lowest BCUT2D eigenvalue weighted by atomic mass is 9.94. The molecule has 0 saturated carbocycles. The molecule has 180 valence electrons. The van der Waals surface area contributed by atoms with Crippen LogP contribution in [0.25, 0.3) is 16.5 Å². The van der Waals surface area contributed by atoms with E-state index >= 15 is 0 Å². The third kappa shape index (κ3) is 3.89. The Hall–Kier alpha value is -4.50. The SMILES string of the molecule is COC(=O)c1ccc(C2/C(=C(\O)c3ccc4cc(OC)ccc4c3)C(=O)C(=O)N2c2nccs2)cc1. The van der Waals surface area contributed by atoms with Crippen LogP contribution >= 0.6 is 11.3 Å². The molecule has 3 aromatic carbocycles. The number of ketones is 1. The van der Waals surface area contributed by atoms with Gasteiger partial charge in [0.2, 0.25) is 0 Å². The minimum Gasteiger partial charge on any atom is -0.507 e. The maximum atomic E-state index is 13.3. The second-order valence-corrected chi connectivity index (χ2v) is 8.90. The van der Waals surface area contributed by atoms with Crippen LogP contribution in [0.4, 0.5) is 5.13 Å². The number of nitrogens with zero attached hydrogens (tertiary/aromatic N) is 2. The van der Waals surface area contributed by atoms with Gasteiger partial charge in [0.1, 0.15) is 11.5 Å². The molecule has 4 aromatic rings. The normalized spacial score (nSPS) is 16.9. The summed E-state index contributed by atoms with van der Waals surface area (Å²) in [4.78, 5) is 43.8. The number of aliphatic hydroxyl groups is 1. The average molecular weight is 501 g/mol. The monoisotopic (exact) mass is 500 g/mol. The highest BCUT2D eigenvalue weighted by molar-refractivity contribution is 7.14. The molecule has 1 amide bonds. The maximum Gasteiger partial charge on any atom is 0.337 e. The molecule has 5 rings (SSSR count). The van der Waals surface area contributed by atoms with Crippen molar-refractivity contribution < 1.29 is 29.0 Å². The third-order valence-corrected chi connectivity index (χ3v) is 6.81. The fourth-order valence-electron chi connectivity index (χ4n) is 4.25. The van der Waals surface area contributed by atoms with Gasteiger partial charge in [0.15, 0.2) is 5.13 Å². The Bertz CT molecular complexity index is 1530. The van der Waals surface area contributed by atoms with E-state index in [0.29, 0.717) is 27.6 Å². The molecule has 2 heterocycles. The molecule has 1 aromatic heterocycles. The maximum absolute atomic E-state index is 13.3. The molecular weight excluding hydrogens is 480 g/mol. The number of thiazole rings is 1. The van der Waals surface area contributed by atoms with Crippen LogP contribution in [0.3, 0.4) is 0 Å². The first-order valence-corrected chi connectivity index (χ1v) is 11.8. The number of Topliss-reactive ketones (excluding diaryl/α,β-unsaturated/α-hetero) is 1. The second-order valence-electron chi connectivity index (χ2n) is 8.03. The van der Waals surface area contributed by atoms with Crippen LogP contribution in [0.5, 0.6) is 5.75 Å².